The van der Waals surface area contributed by atoms with Gasteiger partial charge in [0.05, 0.1) is 31.0 Å². The molecule has 0 spiro atoms. The molecule has 1 aromatic rings. The van der Waals surface area contributed by atoms with Crippen LogP contribution in [0, 0.1) is 0 Å². The van der Waals surface area contributed by atoms with Gasteiger partial charge in [0.15, 0.2) is 0 Å². The van der Waals surface area contributed by atoms with Crippen LogP contribution in [0.5, 0.6) is 0 Å². The topological polar surface area (TPSA) is 67.6 Å². The summed E-state index contributed by atoms with van der Waals surface area (Å²) in [4.78, 5) is 13.1. The second-order valence-electron chi connectivity index (χ2n) is 4.84. The summed E-state index contributed by atoms with van der Waals surface area (Å²) in [5.41, 5.74) is 0.214. The summed E-state index contributed by atoms with van der Waals surface area (Å²) in [5, 5.41) is 12.9. The number of carbonyl (C=O) groups is 1. The van der Waals surface area contributed by atoms with Crippen molar-refractivity contribution in [3.05, 3.63) is 18.0 Å². The number of rotatable bonds is 4. The Kier molecular flexibility index (Phi) is 3.98. The molecule has 1 fully saturated rings. The fraction of sp³-hybridized carbons (Fsp3) is 0.667. The number of nitrogens with zero attached hydrogens (tertiary/aromatic N) is 3. The molecule has 0 radical (unpaired) electrons. The molecule has 1 aliphatic heterocycles. The Morgan fingerprint density at radius 2 is 2.44 bits per heavy atom. The van der Waals surface area contributed by atoms with Gasteiger partial charge in [0.25, 0.3) is 0 Å². The van der Waals surface area contributed by atoms with Gasteiger partial charge in [-0.05, 0) is 13.8 Å². The van der Waals surface area contributed by atoms with E-state index in [2.05, 4.69) is 23.8 Å². The standard InChI is InChI=1S/C12H19N3O3/c1-9(2)14-3-4-18-11(7-14)8-15-6-10(5-13-15)12(16)17/h5-6,9,11H,3-4,7-8H2,1-2H3,(H,16,17). The maximum absolute atomic E-state index is 10.8. The van der Waals surface area contributed by atoms with Crippen molar-refractivity contribution in [3.8, 4) is 0 Å². The van der Waals surface area contributed by atoms with Gasteiger partial charge in [-0.3, -0.25) is 9.58 Å². The first-order chi connectivity index (χ1) is 8.56. The molecule has 6 heteroatoms. The van der Waals surface area contributed by atoms with Gasteiger partial charge >= 0.3 is 5.97 Å². The van der Waals surface area contributed by atoms with Crippen LogP contribution in [0.2, 0.25) is 0 Å². The minimum Gasteiger partial charge on any atom is -0.478 e. The largest absolute Gasteiger partial charge is 0.478 e. The van der Waals surface area contributed by atoms with E-state index in [0.717, 1.165) is 19.7 Å². The molecule has 1 aliphatic rings. The van der Waals surface area contributed by atoms with Gasteiger partial charge in [-0.2, -0.15) is 5.10 Å². The van der Waals surface area contributed by atoms with E-state index in [1.54, 1.807) is 10.9 Å². The van der Waals surface area contributed by atoms with E-state index in [1.807, 2.05) is 0 Å². The molecular weight excluding hydrogens is 234 g/mol. The molecule has 100 valence electrons. The van der Waals surface area contributed by atoms with Gasteiger partial charge in [-0.15, -0.1) is 0 Å². The van der Waals surface area contributed by atoms with E-state index in [-0.39, 0.29) is 11.7 Å². The summed E-state index contributed by atoms with van der Waals surface area (Å²) in [6.45, 7) is 7.46. The Hall–Kier alpha value is -1.40. The Labute approximate surface area is 106 Å². The SMILES string of the molecule is CC(C)N1CCOC(Cn2cc(C(=O)O)cn2)C1. The summed E-state index contributed by atoms with van der Waals surface area (Å²) in [6.07, 6.45) is 2.98. The number of carboxylic acids is 1. The van der Waals surface area contributed by atoms with Crippen LogP contribution in [0.3, 0.4) is 0 Å². The lowest BCUT2D eigenvalue weighted by atomic mass is 10.2. The van der Waals surface area contributed by atoms with Crippen LogP contribution >= 0.6 is 0 Å². The van der Waals surface area contributed by atoms with E-state index >= 15 is 0 Å². The maximum atomic E-state index is 10.8. The van der Waals surface area contributed by atoms with Crippen molar-refractivity contribution in [1.82, 2.24) is 14.7 Å². The predicted molar refractivity (Wildman–Crippen MR) is 65.6 cm³/mol. The summed E-state index contributed by atoms with van der Waals surface area (Å²) >= 11 is 0. The average molecular weight is 253 g/mol. The molecule has 0 bridgehead atoms. The molecule has 1 atom stereocenters. The highest BCUT2D eigenvalue weighted by Crippen LogP contribution is 2.10. The first-order valence-electron chi connectivity index (χ1n) is 6.17. The van der Waals surface area contributed by atoms with Crippen molar-refractivity contribution < 1.29 is 14.6 Å². The molecule has 1 N–H and O–H groups in total. The first-order valence-corrected chi connectivity index (χ1v) is 6.17. The van der Waals surface area contributed by atoms with Crippen LogP contribution < -0.4 is 0 Å². The van der Waals surface area contributed by atoms with Crippen LogP contribution in [0.1, 0.15) is 24.2 Å². The Bertz CT molecular complexity index is 416. The average Bonchev–Trinajstić information content (AvgIpc) is 2.78. The monoisotopic (exact) mass is 253 g/mol. The zero-order chi connectivity index (χ0) is 13.1. The summed E-state index contributed by atoms with van der Waals surface area (Å²) < 4.78 is 7.32. The third-order valence-electron chi connectivity index (χ3n) is 3.17. The molecular formula is C12H19N3O3. The molecule has 18 heavy (non-hydrogen) atoms. The van der Waals surface area contributed by atoms with Gasteiger partial charge in [0.2, 0.25) is 0 Å². The van der Waals surface area contributed by atoms with E-state index in [0.29, 0.717) is 12.6 Å². The molecule has 2 heterocycles. The lowest BCUT2D eigenvalue weighted by Crippen LogP contribution is -2.47. The first kappa shape index (κ1) is 13.0. The van der Waals surface area contributed by atoms with Gasteiger partial charge in [0.1, 0.15) is 0 Å². The van der Waals surface area contributed by atoms with Crippen molar-refractivity contribution in [2.24, 2.45) is 0 Å². The highest BCUT2D eigenvalue weighted by atomic mass is 16.5. The molecule has 6 nitrogen and oxygen atoms in total. The van der Waals surface area contributed by atoms with E-state index < -0.39 is 5.97 Å². The lowest BCUT2D eigenvalue weighted by molar-refractivity contribution is -0.0469. The van der Waals surface area contributed by atoms with Crippen molar-refractivity contribution in [2.45, 2.75) is 32.5 Å². The van der Waals surface area contributed by atoms with Crippen LogP contribution in [0.4, 0.5) is 0 Å². The van der Waals surface area contributed by atoms with Gasteiger partial charge in [0, 0.05) is 25.3 Å². The molecule has 0 saturated carbocycles. The maximum Gasteiger partial charge on any atom is 0.338 e. The Balaban J connectivity index is 1.94. The minimum atomic E-state index is -0.949. The number of hydrogen-bond donors (Lipinski definition) is 1. The zero-order valence-electron chi connectivity index (χ0n) is 10.7. The minimum absolute atomic E-state index is 0.0719. The van der Waals surface area contributed by atoms with Crippen molar-refractivity contribution in [2.75, 3.05) is 19.7 Å². The molecule has 1 aromatic heterocycles. The van der Waals surface area contributed by atoms with Gasteiger partial charge < -0.3 is 9.84 Å². The Morgan fingerprint density at radius 1 is 1.67 bits per heavy atom. The van der Waals surface area contributed by atoms with E-state index in [9.17, 15) is 4.79 Å². The number of ether oxygens (including phenoxy) is 1. The van der Waals surface area contributed by atoms with Gasteiger partial charge in [-0.25, -0.2) is 4.79 Å². The fourth-order valence-electron chi connectivity index (χ4n) is 2.10. The summed E-state index contributed by atoms with van der Waals surface area (Å²) in [7, 11) is 0. The number of morpholine rings is 1. The normalized spacial score (nSPS) is 21.4. The predicted octanol–water partition coefficient (Wildman–Crippen LogP) is 0.690. The lowest BCUT2D eigenvalue weighted by Gasteiger charge is -2.35. The number of carboxylic acid groups (broad SMARTS) is 1. The van der Waals surface area contributed by atoms with Crippen LogP contribution in [-0.4, -0.2) is 57.6 Å². The smallest absolute Gasteiger partial charge is 0.338 e. The van der Waals surface area contributed by atoms with Crippen molar-refractivity contribution in [1.29, 1.82) is 0 Å². The quantitative estimate of drug-likeness (QED) is 0.855. The van der Waals surface area contributed by atoms with Crippen LogP contribution in [0.15, 0.2) is 12.4 Å². The highest BCUT2D eigenvalue weighted by molar-refractivity contribution is 5.86. The third-order valence-corrected chi connectivity index (χ3v) is 3.17. The van der Waals surface area contributed by atoms with Gasteiger partial charge in [-0.1, -0.05) is 0 Å². The number of hydrogen-bond acceptors (Lipinski definition) is 4. The van der Waals surface area contributed by atoms with Crippen molar-refractivity contribution in [3.63, 3.8) is 0 Å². The number of aromatic carboxylic acids is 1. The van der Waals surface area contributed by atoms with Crippen molar-refractivity contribution >= 4 is 5.97 Å². The van der Waals surface area contributed by atoms with E-state index in [4.69, 9.17) is 9.84 Å². The summed E-state index contributed by atoms with van der Waals surface area (Å²) in [5.74, 6) is -0.949. The second-order valence-corrected chi connectivity index (χ2v) is 4.84. The molecule has 0 aromatic carbocycles. The molecule has 0 aliphatic carbocycles. The number of aromatic nitrogens is 2. The second kappa shape index (κ2) is 5.49. The fourth-order valence-corrected chi connectivity index (χ4v) is 2.10. The highest BCUT2D eigenvalue weighted by Gasteiger charge is 2.22. The summed E-state index contributed by atoms with van der Waals surface area (Å²) in [6, 6.07) is 0.503. The van der Waals surface area contributed by atoms with Crippen LogP contribution in [0.25, 0.3) is 0 Å². The third kappa shape index (κ3) is 3.08. The van der Waals surface area contributed by atoms with Crippen LogP contribution in [-0.2, 0) is 11.3 Å². The van der Waals surface area contributed by atoms with E-state index in [1.165, 1.54) is 6.20 Å². The zero-order valence-corrected chi connectivity index (χ0v) is 10.7. The molecule has 1 unspecified atom stereocenters. The Morgan fingerprint density at radius 3 is 3.06 bits per heavy atom. The molecule has 2 rings (SSSR count). The molecule has 0 amide bonds. The molecule has 1 saturated heterocycles.